The van der Waals surface area contributed by atoms with Crippen molar-refractivity contribution in [3.8, 4) is 0 Å². The number of carbonyl (C=O) groups is 1. The fourth-order valence-electron chi connectivity index (χ4n) is 2.03. The van der Waals surface area contributed by atoms with E-state index in [1.165, 1.54) is 0 Å². The number of amides is 1. The van der Waals surface area contributed by atoms with Crippen molar-refractivity contribution in [1.29, 1.82) is 0 Å². The van der Waals surface area contributed by atoms with Gasteiger partial charge in [-0.3, -0.25) is 4.79 Å². The fourth-order valence-corrected chi connectivity index (χ4v) is 2.03. The monoisotopic (exact) mass is 299 g/mol. The van der Waals surface area contributed by atoms with Crippen LogP contribution in [0, 0.1) is 0 Å². The lowest BCUT2D eigenvalue weighted by atomic mass is 10.1. The molecular formula is C15H13F4NO. The summed E-state index contributed by atoms with van der Waals surface area (Å²) in [5.41, 5.74) is 0.592. The van der Waals surface area contributed by atoms with Crippen molar-refractivity contribution in [2.75, 3.05) is 7.05 Å². The molecule has 0 unspecified atom stereocenters. The molecule has 0 bridgehead atoms. The molecule has 0 aromatic heterocycles. The van der Waals surface area contributed by atoms with E-state index in [9.17, 15) is 22.4 Å². The number of carbonyl (C=O) groups excluding carboxylic acids is 1. The van der Waals surface area contributed by atoms with Crippen LogP contribution in [-0.4, -0.2) is 30.2 Å². The van der Waals surface area contributed by atoms with Gasteiger partial charge < -0.3 is 4.90 Å². The maximum atomic E-state index is 13.0. The third-order valence-corrected chi connectivity index (χ3v) is 3.14. The summed E-state index contributed by atoms with van der Waals surface area (Å²) in [6.07, 6.45) is -4.01. The Morgan fingerprint density at radius 1 is 1.14 bits per heavy atom. The van der Waals surface area contributed by atoms with Crippen LogP contribution in [0.3, 0.4) is 0 Å². The Kier molecular flexibility index (Phi) is 4.16. The molecule has 0 fully saturated rings. The minimum atomic E-state index is -4.66. The lowest BCUT2D eigenvalue weighted by Gasteiger charge is -2.23. The van der Waals surface area contributed by atoms with Crippen LogP contribution in [0.1, 0.15) is 5.56 Å². The number of nitrogens with zero attached hydrogens (tertiary/aromatic N) is 1. The van der Waals surface area contributed by atoms with Gasteiger partial charge in [-0.05, 0) is 22.4 Å². The first-order valence-corrected chi connectivity index (χ1v) is 6.21. The van der Waals surface area contributed by atoms with E-state index in [0.717, 1.165) is 17.8 Å². The van der Waals surface area contributed by atoms with Gasteiger partial charge in [-0.25, -0.2) is 8.78 Å². The first kappa shape index (κ1) is 15.3. The number of alkyl halides is 4. The molecule has 0 spiro atoms. The van der Waals surface area contributed by atoms with Gasteiger partial charge in [0.05, 0.1) is 0 Å². The van der Waals surface area contributed by atoms with E-state index in [-0.39, 0.29) is 6.54 Å². The van der Waals surface area contributed by atoms with E-state index in [1.54, 1.807) is 18.2 Å². The average molecular weight is 299 g/mol. The van der Waals surface area contributed by atoms with Crippen molar-refractivity contribution in [3.63, 3.8) is 0 Å². The van der Waals surface area contributed by atoms with Crippen molar-refractivity contribution < 1.29 is 22.4 Å². The summed E-state index contributed by atoms with van der Waals surface area (Å²) in [4.78, 5) is 12.0. The molecule has 2 nitrogen and oxygen atoms in total. The zero-order valence-corrected chi connectivity index (χ0v) is 11.2. The number of rotatable bonds is 4. The van der Waals surface area contributed by atoms with Crippen LogP contribution in [0.25, 0.3) is 10.8 Å². The quantitative estimate of drug-likeness (QED) is 0.788. The molecule has 0 N–H and O–H groups in total. The summed E-state index contributed by atoms with van der Waals surface area (Å²) in [5, 5.41) is 1.85. The molecule has 0 radical (unpaired) electrons. The molecule has 112 valence electrons. The highest BCUT2D eigenvalue weighted by molar-refractivity contribution is 5.85. The predicted octanol–water partition coefficient (Wildman–Crippen LogP) is 3.70. The van der Waals surface area contributed by atoms with E-state index in [1.807, 2.05) is 24.3 Å². The van der Waals surface area contributed by atoms with Crippen LogP contribution in [0.15, 0.2) is 42.5 Å². The van der Waals surface area contributed by atoms with Gasteiger partial charge in [0.2, 0.25) is 0 Å². The van der Waals surface area contributed by atoms with Gasteiger partial charge in [-0.2, -0.15) is 8.78 Å². The molecule has 0 heterocycles. The highest BCUT2D eigenvalue weighted by atomic mass is 19.3. The molecule has 0 atom stereocenters. The number of hydrogen-bond acceptors (Lipinski definition) is 1. The molecule has 21 heavy (non-hydrogen) atoms. The number of halogens is 4. The van der Waals surface area contributed by atoms with Crippen LogP contribution in [0.5, 0.6) is 0 Å². The van der Waals surface area contributed by atoms with Crippen LogP contribution in [-0.2, 0) is 11.3 Å². The minimum Gasteiger partial charge on any atom is -0.336 e. The molecule has 0 aliphatic carbocycles. The zero-order valence-electron chi connectivity index (χ0n) is 11.2. The van der Waals surface area contributed by atoms with Gasteiger partial charge in [0, 0.05) is 13.6 Å². The molecule has 2 aromatic carbocycles. The number of hydrogen-bond donors (Lipinski definition) is 0. The number of benzene rings is 2. The lowest BCUT2D eigenvalue weighted by Crippen LogP contribution is -2.45. The molecule has 6 heteroatoms. The maximum absolute atomic E-state index is 13.0. The zero-order chi connectivity index (χ0) is 15.6. The molecule has 0 saturated heterocycles. The second-order valence-corrected chi connectivity index (χ2v) is 4.77. The molecule has 0 aliphatic rings. The van der Waals surface area contributed by atoms with Crippen LogP contribution in [0.2, 0.25) is 0 Å². The average Bonchev–Trinajstić information content (AvgIpc) is 2.46. The second-order valence-electron chi connectivity index (χ2n) is 4.77. The topological polar surface area (TPSA) is 20.3 Å². The molecule has 0 saturated carbocycles. The van der Waals surface area contributed by atoms with Gasteiger partial charge in [0.15, 0.2) is 0 Å². The summed E-state index contributed by atoms with van der Waals surface area (Å²) in [6.45, 7) is -0.161. The highest BCUT2D eigenvalue weighted by Gasteiger charge is 2.50. The van der Waals surface area contributed by atoms with Gasteiger partial charge in [-0.15, -0.1) is 0 Å². The lowest BCUT2D eigenvalue weighted by molar-refractivity contribution is -0.179. The van der Waals surface area contributed by atoms with E-state index >= 15 is 0 Å². The molecule has 2 rings (SSSR count). The second kappa shape index (κ2) is 5.71. The smallest absolute Gasteiger partial charge is 0.336 e. The van der Waals surface area contributed by atoms with Crippen LogP contribution in [0.4, 0.5) is 17.6 Å². The minimum absolute atomic E-state index is 0.161. The van der Waals surface area contributed by atoms with Crippen molar-refractivity contribution in [3.05, 3.63) is 48.0 Å². The third-order valence-electron chi connectivity index (χ3n) is 3.14. The van der Waals surface area contributed by atoms with Gasteiger partial charge >= 0.3 is 12.3 Å². The summed E-state index contributed by atoms with van der Waals surface area (Å²) in [7, 11) is 1.08. The Labute approximate surface area is 119 Å². The van der Waals surface area contributed by atoms with Crippen molar-refractivity contribution >= 4 is 16.7 Å². The SMILES string of the molecule is CN(Cc1ccc2ccccc2c1)C(=O)C(F)(F)C(F)F. The van der Waals surface area contributed by atoms with Crippen molar-refractivity contribution in [2.45, 2.75) is 18.9 Å². The van der Waals surface area contributed by atoms with E-state index in [2.05, 4.69) is 0 Å². The van der Waals surface area contributed by atoms with Gasteiger partial charge in [0.25, 0.3) is 5.91 Å². The Balaban J connectivity index is 2.18. The first-order valence-electron chi connectivity index (χ1n) is 6.21. The van der Waals surface area contributed by atoms with Crippen molar-refractivity contribution in [2.24, 2.45) is 0 Å². The normalized spacial score (nSPS) is 11.9. The first-order chi connectivity index (χ1) is 9.82. The summed E-state index contributed by atoms with van der Waals surface area (Å²) >= 11 is 0. The third kappa shape index (κ3) is 3.15. The largest absolute Gasteiger partial charge is 0.383 e. The van der Waals surface area contributed by atoms with E-state index in [0.29, 0.717) is 10.5 Å². The summed E-state index contributed by atoms with van der Waals surface area (Å²) in [6, 6.07) is 12.6. The molecular weight excluding hydrogens is 286 g/mol. The van der Waals surface area contributed by atoms with E-state index < -0.39 is 18.3 Å². The Hall–Kier alpha value is -2.11. The van der Waals surface area contributed by atoms with Gasteiger partial charge in [0.1, 0.15) is 0 Å². The van der Waals surface area contributed by atoms with Crippen molar-refractivity contribution in [1.82, 2.24) is 4.90 Å². The Morgan fingerprint density at radius 3 is 2.38 bits per heavy atom. The molecule has 2 aromatic rings. The maximum Gasteiger partial charge on any atom is 0.383 e. The number of fused-ring (bicyclic) bond motifs is 1. The summed E-state index contributed by atoms with van der Waals surface area (Å²) in [5.74, 6) is -6.54. The standard InChI is InChI=1S/C15H13F4NO/c1-20(14(21)15(18,19)13(16)17)9-10-6-7-11-4-2-3-5-12(11)8-10/h2-8,13H,9H2,1H3. The highest BCUT2D eigenvalue weighted by Crippen LogP contribution is 2.26. The Morgan fingerprint density at radius 2 is 1.76 bits per heavy atom. The molecule has 0 aliphatic heterocycles. The van der Waals surface area contributed by atoms with E-state index in [4.69, 9.17) is 0 Å². The predicted molar refractivity (Wildman–Crippen MR) is 71.4 cm³/mol. The summed E-state index contributed by atoms with van der Waals surface area (Å²) < 4.78 is 50.4. The Bertz CT molecular complexity index is 657. The molecule has 1 amide bonds. The van der Waals surface area contributed by atoms with Crippen LogP contribution >= 0.6 is 0 Å². The van der Waals surface area contributed by atoms with Crippen LogP contribution < -0.4 is 0 Å². The fraction of sp³-hybridized carbons (Fsp3) is 0.267. The van der Waals surface area contributed by atoms with Gasteiger partial charge in [-0.1, -0.05) is 36.4 Å².